The summed E-state index contributed by atoms with van der Waals surface area (Å²) in [5, 5.41) is 0. The molecular formula is C24H32F2O4S. The van der Waals surface area contributed by atoms with E-state index in [4.69, 9.17) is 4.74 Å². The van der Waals surface area contributed by atoms with Crippen molar-refractivity contribution in [3.8, 4) is 0 Å². The molecule has 1 aromatic rings. The van der Waals surface area contributed by atoms with Crippen molar-refractivity contribution in [3.05, 3.63) is 35.6 Å². The van der Waals surface area contributed by atoms with Crippen LogP contribution in [0.15, 0.2) is 34.9 Å². The maximum atomic E-state index is 13.6. The van der Waals surface area contributed by atoms with E-state index in [-0.39, 0.29) is 48.0 Å². The van der Waals surface area contributed by atoms with Gasteiger partial charge in [-0.3, -0.25) is 4.79 Å². The number of hydrogen-bond acceptors (Lipinski definition) is 4. The fraction of sp³-hybridized carbons (Fsp3) is 0.625. The topological polar surface area (TPSA) is 60.4 Å². The number of rotatable bonds is 6. The Morgan fingerprint density at radius 3 is 2.00 bits per heavy atom. The number of benzene rings is 1. The first-order valence-electron chi connectivity index (χ1n) is 10.9. The number of halogens is 2. The molecule has 31 heavy (non-hydrogen) atoms. The van der Waals surface area contributed by atoms with Crippen molar-refractivity contribution < 1.29 is 26.7 Å². The van der Waals surface area contributed by atoms with Gasteiger partial charge in [0.15, 0.2) is 15.6 Å². The van der Waals surface area contributed by atoms with E-state index < -0.39 is 27.3 Å². The predicted molar refractivity (Wildman–Crippen MR) is 117 cm³/mol. The van der Waals surface area contributed by atoms with Gasteiger partial charge in [-0.05, 0) is 48.8 Å². The lowest BCUT2D eigenvalue weighted by atomic mass is 9.76. The lowest BCUT2D eigenvalue weighted by Gasteiger charge is -2.34. The predicted octanol–water partition coefficient (Wildman–Crippen LogP) is 5.81. The van der Waals surface area contributed by atoms with Crippen molar-refractivity contribution >= 4 is 21.2 Å². The molecule has 3 rings (SSSR count). The van der Waals surface area contributed by atoms with Crippen LogP contribution in [0, 0.1) is 11.3 Å². The number of carbonyl (C=O) groups excluding carboxylic acids is 1. The van der Waals surface area contributed by atoms with Gasteiger partial charge >= 0.3 is 0 Å². The second kappa shape index (κ2) is 8.64. The molecule has 0 atom stereocenters. The average molecular weight is 455 g/mol. The molecule has 0 N–H and O–H groups in total. The van der Waals surface area contributed by atoms with Crippen LogP contribution in [0.2, 0.25) is 0 Å². The number of ketones is 1. The summed E-state index contributed by atoms with van der Waals surface area (Å²) in [6.07, 6.45) is 3.26. The highest BCUT2D eigenvalue weighted by molar-refractivity contribution is 7.90. The van der Waals surface area contributed by atoms with Crippen LogP contribution in [0.4, 0.5) is 8.78 Å². The first-order valence-corrected chi connectivity index (χ1v) is 12.8. The third-order valence-electron chi connectivity index (χ3n) is 6.20. The lowest BCUT2D eigenvalue weighted by Crippen LogP contribution is -2.33. The van der Waals surface area contributed by atoms with Gasteiger partial charge in [-0.1, -0.05) is 39.3 Å². The van der Waals surface area contributed by atoms with Crippen LogP contribution in [-0.4, -0.2) is 32.5 Å². The molecule has 0 amide bonds. The molecule has 0 heterocycles. The average Bonchev–Trinajstić information content (AvgIpc) is 2.59. The number of hydrogen-bond donors (Lipinski definition) is 0. The van der Waals surface area contributed by atoms with E-state index in [2.05, 4.69) is 0 Å². The lowest BCUT2D eigenvalue weighted by molar-refractivity contribution is -0.127. The van der Waals surface area contributed by atoms with Gasteiger partial charge < -0.3 is 4.74 Å². The van der Waals surface area contributed by atoms with Crippen LogP contribution < -0.4 is 0 Å². The first-order chi connectivity index (χ1) is 14.3. The molecule has 2 aliphatic rings. The van der Waals surface area contributed by atoms with Gasteiger partial charge in [0.25, 0.3) is 0 Å². The van der Waals surface area contributed by atoms with Crippen LogP contribution in [-0.2, 0) is 19.4 Å². The normalized spacial score (nSPS) is 21.2. The van der Waals surface area contributed by atoms with Gasteiger partial charge in [-0.25, -0.2) is 17.2 Å². The van der Waals surface area contributed by atoms with Gasteiger partial charge in [-0.15, -0.1) is 0 Å². The summed E-state index contributed by atoms with van der Waals surface area (Å²) < 4.78 is 57.2. The molecule has 2 fully saturated rings. The Hall–Kier alpha value is -1.76. The van der Waals surface area contributed by atoms with Crippen LogP contribution in [0.1, 0.15) is 71.3 Å². The fourth-order valence-corrected chi connectivity index (χ4v) is 4.80. The summed E-state index contributed by atoms with van der Waals surface area (Å²) in [6.45, 7) is 5.91. The van der Waals surface area contributed by atoms with E-state index in [1.54, 1.807) is 12.1 Å². The SMILES string of the molecule is CC(C)(C)/C(=C(/OC1CCC(F)(F)CC1)C(=O)C1CCC1)c1ccc(S(C)(=O)=O)cc1. The Bertz CT molecular complexity index is 942. The fourth-order valence-electron chi connectivity index (χ4n) is 4.17. The molecule has 0 aromatic heterocycles. The molecule has 0 radical (unpaired) electrons. The molecular weight excluding hydrogens is 422 g/mol. The first kappa shape index (κ1) is 23.9. The maximum Gasteiger partial charge on any atom is 0.248 e. The van der Waals surface area contributed by atoms with Crippen molar-refractivity contribution in [2.45, 2.75) is 82.6 Å². The van der Waals surface area contributed by atoms with Crippen molar-refractivity contribution in [3.63, 3.8) is 0 Å². The zero-order valence-electron chi connectivity index (χ0n) is 18.7. The summed E-state index contributed by atoms with van der Waals surface area (Å²) in [5.41, 5.74) is 0.936. The van der Waals surface area contributed by atoms with Crippen LogP contribution >= 0.6 is 0 Å². The summed E-state index contributed by atoms with van der Waals surface area (Å²) in [5.74, 6) is -2.58. The van der Waals surface area contributed by atoms with E-state index >= 15 is 0 Å². The van der Waals surface area contributed by atoms with Gasteiger partial charge in [0.1, 0.15) is 0 Å². The molecule has 0 spiro atoms. The number of Topliss-reactive ketones (excluding diaryl/α,β-unsaturated/α-hetero) is 1. The van der Waals surface area contributed by atoms with Crippen LogP contribution in [0.3, 0.4) is 0 Å². The molecule has 2 saturated carbocycles. The van der Waals surface area contributed by atoms with Crippen molar-refractivity contribution in [2.75, 3.05) is 6.26 Å². The van der Waals surface area contributed by atoms with Crippen LogP contribution in [0.5, 0.6) is 0 Å². The Morgan fingerprint density at radius 1 is 1.03 bits per heavy atom. The van der Waals surface area contributed by atoms with E-state index in [9.17, 15) is 22.0 Å². The minimum absolute atomic E-state index is 0.0688. The van der Waals surface area contributed by atoms with Crippen molar-refractivity contribution in [1.82, 2.24) is 0 Å². The Kier molecular flexibility index (Phi) is 6.66. The van der Waals surface area contributed by atoms with Crippen LogP contribution in [0.25, 0.3) is 5.57 Å². The second-order valence-electron chi connectivity index (χ2n) is 9.92. The minimum atomic E-state index is -3.34. The van der Waals surface area contributed by atoms with Gasteiger partial charge in [-0.2, -0.15) is 0 Å². The molecule has 172 valence electrons. The molecule has 2 aliphatic carbocycles. The third-order valence-corrected chi connectivity index (χ3v) is 7.33. The molecule has 0 saturated heterocycles. The highest BCUT2D eigenvalue weighted by Gasteiger charge is 2.39. The number of ether oxygens (including phenoxy) is 1. The van der Waals surface area contributed by atoms with Crippen molar-refractivity contribution in [1.29, 1.82) is 0 Å². The van der Waals surface area contributed by atoms with Gasteiger partial charge in [0, 0.05) is 30.6 Å². The smallest absolute Gasteiger partial charge is 0.248 e. The van der Waals surface area contributed by atoms with E-state index in [1.165, 1.54) is 12.1 Å². The largest absolute Gasteiger partial charge is 0.486 e. The molecule has 0 unspecified atom stereocenters. The summed E-state index contributed by atoms with van der Waals surface area (Å²) in [4.78, 5) is 13.6. The summed E-state index contributed by atoms with van der Waals surface area (Å²) in [7, 11) is -3.34. The zero-order chi connectivity index (χ0) is 23.0. The number of carbonyl (C=O) groups is 1. The van der Waals surface area contributed by atoms with Crippen molar-refractivity contribution in [2.24, 2.45) is 11.3 Å². The van der Waals surface area contributed by atoms with Gasteiger partial charge in [0.2, 0.25) is 11.7 Å². The quantitative estimate of drug-likeness (QED) is 0.402. The minimum Gasteiger partial charge on any atom is -0.486 e. The third kappa shape index (κ3) is 5.73. The number of alkyl halides is 2. The number of sulfone groups is 1. The monoisotopic (exact) mass is 454 g/mol. The zero-order valence-corrected chi connectivity index (χ0v) is 19.5. The van der Waals surface area contributed by atoms with E-state index in [0.717, 1.165) is 25.5 Å². The van der Waals surface area contributed by atoms with E-state index in [1.807, 2.05) is 20.8 Å². The Labute approximate surface area is 184 Å². The van der Waals surface area contributed by atoms with Gasteiger partial charge in [0.05, 0.1) is 11.0 Å². The Morgan fingerprint density at radius 2 is 1.58 bits per heavy atom. The number of allylic oxidation sites excluding steroid dienone is 2. The Balaban J connectivity index is 2.04. The summed E-state index contributed by atoms with van der Waals surface area (Å²) in [6, 6.07) is 6.46. The molecule has 0 bridgehead atoms. The highest BCUT2D eigenvalue weighted by atomic mass is 32.2. The van der Waals surface area contributed by atoms with E-state index in [0.29, 0.717) is 11.1 Å². The molecule has 1 aromatic carbocycles. The molecule has 4 nitrogen and oxygen atoms in total. The molecule has 0 aliphatic heterocycles. The standard InChI is InChI=1S/C24H32F2O4S/c1-23(2,3)20(16-8-10-19(11-9-16)31(4,28)29)22(21(27)17-6-5-7-17)30-18-12-14-24(25,26)15-13-18/h8-11,17-18H,5-7,12-15H2,1-4H3/b22-20+. The highest BCUT2D eigenvalue weighted by Crippen LogP contribution is 2.43. The summed E-state index contributed by atoms with van der Waals surface area (Å²) >= 11 is 0. The second-order valence-corrected chi connectivity index (χ2v) is 11.9. The molecule has 7 heteroatoms. The maximum absolute atomic E-state index is 13.6.